The summed E-state index contributed by atoms with van der Waals surface area (Å²) in [5.41, 5.74) is 1.25. The fourth-order valence-electron chi connectivity index (χ4n) is 2.19. The Hall–Kier alpha value is -1.39. The molecule has 0 bridgehead atoms. The third kappa shape index (κ3) is 4.55. The van der Waals surface area contributed by atoms with Gasteiger partial charge in [0, 0.05) is 17.0 Å². The van der Waals surface area contributed by atoms with Gasteiger partial charge in [-0.05, 0) is 38.0 Å². The lowest BCUT2D eigenvalue weighted by molar-refractivity contribution is 0.323. The summed E-state index contributed by atoms with van der Waals surface area (Å²) in [5, 5.41) is 8.24. The van der Waals surface area contributed by atoms with Crippen molar-refractivity contribution in [1.29, 1.82) is 0 Å². The molecule has 0 saturated carbocycles. The molecule has 1 N–H and O–H groups in total. The molecule has 0 amide bonds. The fraction of sp³-hybridized carbons (Fsp3) is 0.500. The van der Waals surface area contributed by atoms with E-state index in [-0.39, 0.29) is 12.0 Å². The summed E-state index contributed by atoms with van der Waals surface area (Å²) >= 11 is 5.90. The molecule has 1 aromatic heterocycles. The molecule has 2 atom stereocenters. The van der Waals surface area contributed by atoms with E-state index in [1.165, 1.54) is 5.56 Å². The molecule has 0 spiro atoms. The van der Waals surface area contributed by atoms with E-state index in [0.29, 0.717) is 11.9 Å². The first-order valence-electron chi connectivity index (χ1n) is 7.29. The van der Waals surface area contributed by atoms with Crippen molar-refractivity contribution < 1.29 is 4.52 Å². The first kappa shape index (κ1) is 16.0. The Morgan fingerprint density at radius 2 is 1.81 bits per heavy atom. The normalized spacial score (nSPS) is 14.4. The first-order valence-corrected chi connectivity index (χ1v) is 7.67. The van der Waals surface area contributed by atoms with E-state index in [9.17, 15) is 0 Å². The van der Waals surface area contributed by atoms with Crippen molar-refractivity contribution in [3.8, 4) is 0 Å². The number of halogens is 1. The highest BCUT2D eigenvalue weighted by Crippen LogP contribution is 2.16. The zero-order valence-electron chi connectivity index (χ0n) is 12.9. The van der Waals surface area contributed by atoms with Crippen LogP contribution in [0.4, 0.5) is 0 Å². The van der Waals surface area contributed by atoms with Crippen molar-refractivity contribution in [2.24, 2.45) is 0 Å². The molecule has 0 unspecified atom stereocenters. The maximum absolute atomic E-state index is 5.90. The molecule has 0 radical (unpaired) electrons. The van der Waals surface area contributed by atoms with Crippen molar-refractivity contribution in [2.75, 3.05) is 0 Å². The molecule has 4 nitrogen and oxygen atoms in total. The maximum Gasteiger partial charge on any atom is 0.243 e. The lowest BCUT2D eigenvalue weighted by atomic mass is 10.1. The second kappa shape index (κ2) is 7.05. The number of aromatic nitrogens is 2. The highest BCUT2D eigenvalue weighted by Gasteiger charge is 2.17. The number of hydrogen-bond acceptors (Lipinski definition) is 4. The highest BCUT2D eigenvalue weighted by atomic mass is 35.5. The third-order valence-corrected chi connectivity index (χ3v) is 3.59. The van der Waals surface area contributed by atoms with Gasteiger partial charge in [0.15, 0.2) is 5.82 Å². The van der Waals surface area contributed by atoms with E-state index < -0.39 is 0 Å². The summed E-state index contributed by atoms with van der Waals surface area (Å²) in [6.07, 6.45) is 0.923. The standard InChI is InChI=1S/C16H22ClN3O/c1-10(2)15-19-16(21-20-15)12(4)18-11(3)9-13-5-7-14(17)8-6-13/h5-8,10-12,18H,9H2,1-4H3/t11-,12+/m0/s1. The predicted molar refractivity (Wildman–Crippen MR) is 84.6 cm³/mol. The molecule has 2 aromatic rings. The van der Waals surface area contributed by atoms with Gasteiger partial charge in [0.25, 0.3) is 0 Å². The molecule has 0 aliphatic rings. The number of nitrogens with one attached hydrogen (secondary N) is 1. The van der Waals surface area contributed by atoms with E-state index >= 15 is 0 Å². The van der Waals surface area contributed by atoms with Crippen LogP contribution in [0, 0.1) is 0 Å². The minimum absolute atomic E-state index is 0.0345. The molecular formula is C16H22ClN3O. The summed E-state index contributed by atoms with van der Waals surface area (Å²) < 4.78 is 5.31. The number of benzene rings is 1. The van der Waals surface area contributed by atoms with Crippen molar-refractivity contribution in [3.05, 3.63) is 46.6 Å². The third-order valence-electron chi connectivity index (χ3n) is 3.33. The van der Waals surface area contributed by atoms with Crippen LogP contribution in [0.25, 0.3) is 0 Å². The molecule has 1 heterocycles. The lowest BCUT2D eigenvalue weighted by Crippen LogP contribution is -2.30. The van der Waals surface area contributed by atoms with Crippen LogP contribution in [0.15, 0.2) is 28.8 Å². The second-order valence-electron chi connectivity index (χ2n) is 5.77. The van der Waals surface area contributed by atoms with Crippen LogP contribution in [0.3, 0.4) is 0 Å². The fourth-order valence-corrected chi connectivity index (χ4v) is 2.31. The quantitative estimate of drug-likeness (QED) is 0.872. The van der Waals surface area contributed by atoms with Gasteiger partial charge in [-0.15, -0.1) is 0 Å². The highest BCUT2D eigenvalue weighted by molar-refractivity contribution is 6.30. The second-order valence-corrected chi connectivity index (χ2v) is 6.20. The lowest BCUT2D eigenvalue weighted by Gasteiger charge is -2.17. The summed E-state index contributed by atoms with van der Waals surface area (Å²) in [5.74, 6) is 1.67. The summed E-state index contributed by atoms with van der Waals surface area (Å²) in [6, 6.07) is 8.27. The average Bonchev–Trinajstić information content (AvgIpc) is 2.91. The van der Waals surface area contributed by atoms with Crippen LogP contribution in [0.2, 0.25) is 5.02 Å². The smallest absolute Gasteiger partial charge is 0.243 e. The topological polar surface area (TPSA) is 51.0 Å². The van der Waals surface area contributed by atoms with E-state index in [2.05, 4.69) is 48.4 Å². The summed E-state index contributed by atoms with van der Waals surface area (Å²) in [7, 11) is 0. The van der Waals surface area contributed by atoms with Gasteiger partial charge in [0.05, 0.1) is 6.04 Å². The Kier molecular flexibility index (Phi) is 5.37. The van der Waals surface area contributed by atoms with Gasteiger partial charge in [-0.1, -0.05) is 42.7 Å². The molecule has 2 rings (SSSR count). The minimum atomic E-state index is 0.0345. The van der Waals surface area contributed by atoms with Crippen molar-refractivity contribution in [2.45, 2.75) is 52.1 Å². The van der Waals surface area contributed by atoms with Gasteiger partial charge in [0.1, 0.15) is 0 Å². The molecular weight excluding hydrogens is 286 g/mol. The van der Waals surface area contributed by atoms with Gasteiger partial charge in [-0.25, -0.2) is 0 Å². The van der Waals surface area contributed by atoms with Gasteiger partial charge in [0.2, 0.25) is 5.89 Å². The molecule has 5 heteroatoms. The predicted octanol–water partition coefficient (Wildman–Crippen LogP) is 4.13. The Morgan fingerprint density at radius 3 is 2.38 bits per heavy atom. The first-order chi connectivity index (χ1) is 9.95. The van der Waals surface area contributed by atoms with Crippen LogP contribution in [-0.4, -0.2) is 16.2 Å². The SMILES string of the molecule is CC(C)c1noc([C@@H](C)N[C@@H](C)Cc2ccc(Cl)cc2)n1. The van der Waals surface area contributed by atoms with Gasteiger partial charge < -0.3 is 9.84 Å². The van der Waals surface area contributed by atoms with E-state index in [4.69, 9.17) is 16.1 Å². The van der Waals surface area contributed by atoms with Crippen molar-refractivity contribution in [3.63, 3.8) is 0 Å². The molecule has 0 aliphatic carbocycles. The summed E-state index contributed by atoms with van der Waals surface area (Å²) in [6.45, 7) is 8.28. The molecule has 21 heavy (non-hydrogen) atoms. The Morgan fingerprint density at radius 1 is 1.14 bits per heavy atom. The average molecular weight is 308 g/mol. The van der Waals surface area contributed by atoms with Gasteiger partial charge in [-0.3, -0.25) is 0 Å². The molecule has 1 aromatic carbocycles. The molecule has 0 saturated heterocycles. The van der Waals surface area contributed by atoms with Gasteiger partial charge in [-0.2, -0.15) is 4.98 Å². The Bertz CT molecular complexity index is 565. The number of nitrogens with zero attached hydrogens (tertiary/aromatic N) is 2. The van der Waals surface area contributed by atoms with Crippen molar-refractivity contribution >= 4 is 11.6 Å². The Balaban J connectivity index is 1.91. The zero-order valence-corrected chi connectivity index (χ0v) is 13.7. The van der Waals surface area contributed by atoms with Crippen molar-refractivity contribution in [1.82, 2.24) is 15.5 Å². The molecule has 0 fully saturated rings. The van der Waals surface area contributed by atoms with Crippen LogP contribution in [0.1, 0.15) is 56.9 Å². The van der Waals surface area contributed by atoms with Gasteiger partial charge >= 0.3 is 0 Å². The number of hydrogen-bond donors (Lipinski definition) is 1. The van der Waals surface area contributed by atoms with Crippen LogP contribution in [0.5, 0.6) is 0 Å². The zero-order chi connectivity index (χ0) is 15.4. The minimum Gasteiger partial charge on any atom is -0.338 e. The molecule has 114 valence electrons. The summed E-state index contributed by atoms with van der Waals surface area (Å²) in [4.78, 5) is 4.42. The largest absolute Gasteiger partial charge is 0.338 e. The monoisotopic (exact) mass is 307 g/mol. The van der Waals surface area contributed by atoms with E-state index in [0.717, 1.165) is 17.3 Å². The van der Waals surface area contributed by atoms with Crippen LogP contribution >= 0.6 is 11.6 Å². The maximum atomic E-state index is 5.90. The van der Waals surface area contributed by atoms with Crippen LogP contribution in [-0.2, 0) is 6.42 Å². The Labute approximate surface area is 130 Å². The van der Waals surface area contributed by atoms with E-state index in [1.807, 2.05) is 19.1 Å². The number of rotatable bonds is 6. The van der Waals surface area contributed by atoms with Crippen LogP contribution < -0.4 is 5.32 Å². The molecule has 0 aliphatic heterocycles. The van der Waals surface area contributed by atoms with E-state index in [1.54, 1.807) is 0 Å².